The van der Waals surface area contributed by atoms with Gasteiger partial charge in [-0.15, -0.1) is 12.4 Å². The molecular formula is C14H22BrClN2O. The van der Waals surface area contributed by atoms with Crippen molar-refractivity contribution in [1.82, 2.24) is 5.32 Å². The molecule has 0 spiro atoms. The second-order valence-corrected chi connectivity index (χ2v) is 5.80. The second kappa shape index (κ2) is 8.56. The number of hydrogen-bond acceptors (Lipinski definition) is 2. The fraction of sp³-hybridized carbons (Fsp3) is 0.500. The Labute approximate surface area is 129 Å². The summed E-state index contributed by atoms with van der Waals surface area (Å²) in [6, 6.07) is 8.12. The van der Waals surface area contributed by atoms with Gasteiger partial charge in [0, 0.05) is 22.5 Å². The molecule has 0 aliphatic carbocycles. The molecule has 0 saturated carbocycles. The predicted molar refractivity (Wildman–Crippen MR) is 85.5 cm³/mol. The lowest BCUT2D eigenvalue weighted by molar-refractivity contribution is -0.125. The van der Waals surface area contributed by atoms with Crippen LogP contribution in [0.3, 0.4) is 0 Å². The minimum atomic E-state index is -0.155. The summed E-state index contributed by atoms with van der Waals surface area (Å²) in [7, 11) is 0. The molecule has 108 valence electrons. The second-order valence-electron chi connectivity index (χ2n) is 4.89. The van der Waals surface area contributed by atoms with Crippen molar-refractivity contribution in [2.75, 3.05) is 0 Å². The van der Waals surface area contributed by atoms with Crippen LogP contribution >= 0.6 is 28.3 Å². The van der Waals surface area contributed by atoms with Crippen LogP contribution in [0.4, 0.5) is 0 Å². The van der Waals surface area contributed by atoms with Gasteiger partial charge in [0.15, 0.2) is 0 Å². The monoisotopic (exact) mass is 348 g/mol. The van der Waals surface area contributed by atoms with E-state index in [1.165, 1.54) is 5.56 Å². The van der Waals surface area contributed by atoms with E-state index in [1.54, 1.807) is 0 Å². The fourth-order valence-corrected chi connectivity index (χ4v) is 1.90. The van der Waals surface area contributed by atoms with Crippen LogP contribution in [0.15, 0.2) is 28.7 Å². The first-order valence-corrected chi connectivity index (χ1v) is 7.00. The maximum Gasteiger partial charge on any atom is 0.224 e. The average Bonchev–Trinajstić information content (AvgIpc) is 2.30. The van der Waals surface area contributed by atoms with E-state index in [2.05, 4.69) is 33.4 Å². The van der Waals surface area contributed by atoms with Crippen LogP contribution in [0.2, 0.25) is 0 Å². The summed E-state index contributed by atoms with van der Waals surface area (Å²) in [6.07, 6.45) is 0.824. The average molecular weight is 350 g/mol. The molecule has 0 radical (unpaired) electrons. The van der Waals surface area contributed by atoms with Crippen LogP contribution in [-0.2, 0) is 11.2 Å². The molecule has 1 aromatic rings. The van der Waals surface area contributed by atoms with Crippen LogP contribution in [-0.4, -0.2) is 18.0 Å². The van der Waals surface area contributed by atoms with Crippen LogP contribution < -0.4 is 11.1 Å². The highest BCUT2D eigenvalue weighted by molar-refractivity contribution is 9.10. The van der Waals surface area contributed by atoms with E-state index in [0.717, 1.165) is 10.9 Å². The van der Waals surface area contributed by atoms with Crippen molar-refractivity contribution in [3.63, 3.8) is 0 Å². The Morgan fingerprint density at radius 1 is 1.26 bits per heavy atom. The van der Waals surface area contributed by atoms with E-state index in [4.69, 9.17) is 5.73 Å². The van der Waals surface area contributed by atoms with Gasteiger partial charge in [0.05, 0.1) is 0 Å². The molecule has 0 aliphatic heterocycles. The molecule has 0 bridgehead atoms. The van der Waals surface area contributed by atoms with Crippen molar-refractivity contribution in [3.8, 4) is 0 Å². The third-order valence-electron chi connectivity index (χ3n) is 3.05. The van der Waals surface area contributed by atoms with Gasteiger partial charge in [-0.3, -0.25) is 4.79 Å². The number of nitrogens with two attached hydrogens (primary N) is 1. The van der Waals surface area contributed by atoms with Crippen molar-refractivity contribution in [2.45, 2.75) is 39.3 Å². The highest BCUT2D eigenvalue weighted by Gasteiger charge is 2.18. The number of rotatable bonds is 5. The Morgan fingerprint density at radius 2 is 1.79 bits per heavy atom. The molecule has 1 amide bonds. The van der Waals surface area contributed by atoms with Gasteiger partial charge >= 0.3 is 0 Å². The molecule has 3 unspecified atom stereocenters. The largest absolute Gasteiger partial charge is 0.353 e. The van der Waals surface area contributed by atoms with Gasteiger partial charge in [-0.2, -0.15) is 0 Å². The number of hydrogen-bond donors (Lipinski definition) is 2. The SMILES string of the molecule is CC(Cc1ccc(Br)cc1)NC(=O)C(C)C(C)N.Cl. The van der Waals surface area contributed by atoms with E-state index in [1.807, 2.05) is 32.9 Å². The number of carbonyl (C=O) groups is 1. The molecule has 3 N–H and O–H groups in total. The van der Waals surface area contributed by atoms with Crippen molar-refractivity contribution < 1.29 is 4.79 Å². The molecule has 3 atom stereocenters. The molecule has 5 heteroatoms. The molecule has 0 heterocycles. The summed E-state index contributed by atoms with van der Waals surface area (Å²) in [5, 5.41) is 2.99. The number of halogens is 2. The summed E-state index contributed by atoms with van der Waals surface area (Å²) in [5.41, 5.74) is 6.92. The zero-order chi connectivity index (χ0) is 13.7. The molecule has 1 rings (SSSR count). The van der Waals surface area contributed by atoms with Gasteiger partial charge < -0.3 is 11.1 Å². The smallest absolute Gasteiger partial charge is 0.224 e. The minimum Gasteiger partial charge on any atom is -0.353 e. The zero-order valence-corrected chi connectivity index (χ0v) is 13.9. The Balaban J connectivity index is 0.00000324. The Hall–Kier alpha value is -0.580. The van der Waals surface area contributed by atoms with Gasteiger partial charge in [-0.05, 0) is 38.0 Å². The molecule has 19 heavy (non-hydrogen) atoms. The van der Waals surface area contributed by atoms with E-state index in [-0.39, 0.29) is 36.3 Å². The van der Waals surface area contributed by atoms with Crippen LogP contribution in [0, 0.1) is 5.92 Å². The van der Waals surface area contributed by atoms with E-state index in [0.29, 0.717) is 0 Å². The first-order chi connectivity index (χ1) is 8.40. The fourth-order valence-electron chi connectivity index (χ4n) is 1.64. The first kappa shape index (κ1) is 18.4. The van der Waals surface area contributed by atoms with Crippen molar-refractivity contribution in [2.24, 2.45) is 11.7 Å². The van der Waals surface area contributed by atoms with Crippen LogP contribution in [0.25, 0.3) is 0 Å². The molecule has 0 aromatic heterocycles. The molecule has 3 nitrogen and oxygen atoms in total. The zero-order valence-electron chi connectivity index (χ0n) is 11.5. The predicted octanol–water partition coefficient (Wildman–Crippen LogP) is 2.90. The van der Waals surface area contributed by atoms with Crippen molar-refractivity contribution in [3.05, 3.63) is 34.3 Å². The maximum absolute atomic E-state index is 11.8. The summed E-state index contributed by atoms with van der Waals surface area (Å²) in [6.45, 7) is 5.71. The van der Waals surface area contributed by atoms with E-state index >= 15 is 0 Å². The highest BCUT2D eigenvalue weighted by Crippen LogP contribution is 2.12. The summed E-state index contributed by atoms with van der Waals surface area (Å²) in [4.78, 5) is 11.8. The van der Waals surface area contributed by atoms with Crippen LogP contribution in [0.1, 0.15) is 26.3 Å². The molecule has 0 fully saturated rings. The Morgan fingerprint density at radius 3 is 2.26 bits per heavy atom. The first-order valence-electron chi connectivity index (χ1n) is 6.20. The van der Waals surface area contributed by atoms with Gasteiger partial charge in [-0.1, -0.05) is 35.0 Å². The number of carbonyl (C=O) groups excluding carboxylic acids is 1. The van der Waals surface area contributed by atoms with Gasteiger partial charge in [0.25, 0.3) is 0 Å². The number of nitrogens with one attached hydrogen (secondary N) is 1. The number of amides is 1. The Kier molecular flexibility index (Phi) is 8.30. The van der Waals surface area contributed by atoms with Crippen LogP contribution in [0.5, 0.6) is 0 Å². The third kappa shape index (κ3) is 6.41. The highest BCUT2D eigenvalue weighted by atomic mass is 79.9. The minimum absolute atomic E-state index is 0. The van der Waals surface area contributed by atoms with Crippen molar-refractivity contribution in [1.29, 1.82) is 0 Å². The molecule has 0 saturated heterocycles. The molecule has 1 aromatic carbocycles. The normalized spacial score (nSPS) is 15.0. The standard InChI is InChI=1S/C14H21BrN2O.ClH/c1-9(17-14(18)10(2)11(3)16)8-12-4-6-13(15)7-5-12;/h4-7,9-11H,8,16H2,1-3H3,(H,17,18);1H. The topological polar surface area (TPSA) is 55.1 Å². The summed E-state index contributed by atoms with van der Waals surface area (Å²) >= 11 is 3.40. The summed E-state index contributed by atoms with van der Waals surface area (Å²) in [5.74, 6) is -0.132. The molecular weight excluding hydrogens is 328 g/mol. The van der Waals surface area contributed by atoms with E-state index in [9.17, 15) is 4.79 Å². The van der Waals surface area contributed by atoms with E-state index < -0.39 is 0 Å². The molecule has 0 aliphatic rings. The lowest BCUT2D eigenvalue weighted by atomic mass is 10.0. The van der Waals surface area contributed by atoms with Gasteiger partial charge in [0.2, 0.25) is 5.91 Å². The lowest BCUT2D eigenvalue weighted by Crippen LogP contribution is -2.43. The van der Waals surface area contributed by atoms with Gasteiger partial charge in [0.1, 0.15) is 0 Å². The quantitative estimate of drug-likeness (QED) is 0.859. The summed E-state index contributed by atoms with van der Waals surface area (Å²) < 4.78 is 1.06. The number of benzene rings is 1. The lowest BCUT2D eigenvalue weighted by Gasteiger charge is -2.19. The maximum atomic E-state index is 11.8. The Bertz CT molecular complexity index is 395. The third-order valence-corrected chi connectivity index (χ3v) is 3.57. The van der Waals surface area contributed by atoms with Crippen molar-refractivity contribution >= 4 is 34.2 Å². The van der Waals surface area contributed by atoms with Gasteiger partial charge in [-0.25, -0.2) is 0 Å².